The quantitative estimate of drug-likeness (QED) is 0.865. The number of benzene rings is 1. The first-order valence-corrected chi connectivity index (χ1v) is 9.60. The summed E-state index contributed by atoms with van der Waals surface area (Å²) in [5.74, 6) is -0.0372. The molecule has 2 aliphatic rings. The smallest absolute Gasteiger partial charge is 0.237 e. The van der Waals surface area contributed by atoms with Crippen molar-refractivity contribution < 1.29 is 13.9 Å². The highest BCUT2D eigenvalue weighted by Gasteiger charge is 2.33. The minimum Gasteiger partial charge on any atom is -0.379 e. The van der Waals surface area contributed by atoms with Crippen molar-refractivity contribution >= 4 is 11.9 Å². The molecule has 2 aromatic rings. The number of nitrogens with two attached hydrogens (primary N) is 1. The van der Waals surface area contributed by atoms with Crippen LogP contribution in [0.2, 0.25) is 0 Å². The highest BCUT2D eigenvalue weighted by Crippen LogP contribution is 2.36. The van der Waals surface area contributed by atoms with Crippen LogP contribution >= 0.6 is 0 Å². The number of aromatic nitrogens is 2. The van der Waals surface area contributed by atoms with Gasteiger partial charge in [0, 0.05) is 31.4 Å². The van der Waals surface area contributed by atoms with Gasteiger partial charge in [0.15, 0.2) is 0 Å². The Morgan fingerprint density at radius 2 is 1.96 bits per heavy atom. The molecule has 0 aliphatic carbocycles. The number of hydrogen-bond donors (Lipinski definition) is 1. The van der Waals surface area contributed by atoms with Crippen molar-refractivity contribution in [3.05, 3.63) is 42.0 Å². The Balaban J connectivity index is 1.60. The second kappa shape index (κ2) is 8.20. The van der Waals surface area contributed by atoms with Gasteiger partial charge in [-0.3, -0.25) is 9.69 Å². The van der Waals surface area contributed by atoms with Gasteiger partial charge in [0.25, 0.3) is 0 Å². The molecule has 1 aromatic heterocycles. The molecule has 4 rings (SSSR count). The lowest BCUT2D eigenvalue weighted by Crippen LogP contribution is -2.44. The number of nitrogen functional groups attached to an aromatic ring is 1. The van der Waals surface area contributed by atoms with E-state index in [-0.39, 0.29) is 23.7 Å². The van der Waals surface area contributed by atoms with Crippen LogP contribution in [0, 0.1) is 5.82 Å². The van der Waals surface area contributed by atoms with Crippen LogP contribution in [0.4, 0.5) is 10.3 Å². The molecule has 7 nitrogen and oxygen atoms in total. The zero-order valence-corrected chi connectivity index (χ0v) is 15.7. The van der Waals surface area contributed by atoms with E-state index in [2.05, 4.69) is 14.9 Å². The van der Waals surface area contributed by atoms with Crippen molar-refractivity contribution in [1.29, 1.82) is 0 Å². The molecule has 0 spiro atoms. The molecule has 148 valence electrons. The number of ether oxygens (including phenoxy) is 1. The van der Waals surface area contributed by atoms with E-state index in [4.69, 9.17) is 10.5 Å². The van der Waals surface area contributed by atoms with Crippen LogP contribution in [0.3, 0.4) is 0 Å². The van der Waals surface area contributed by atoms with Crippen LogP contribution in [0.25, 0.3) is 11.1 Å². The molecule has 8 heteroatoms. The minimum atomic E-state index is -0.301. The van der Waals surface area contributed by atoms with Crippen molar-refractivity contribution in [2.24, 2.45) is 0 Å². The molecule has 0 bridgehead atoms. The van der Waals surface area contributed by atoms with E-state index in [9.17, 15) is 9.18 Å². The summed E-state index contributed by atoms with van der Waals surface area (Å²) in [7, 11) is 0. The summed E-state index contributed by atoms with van der Waals surface area (Å²) in [6, 6.07) is 6.06. The third kappa shape index (κ3) is 3.98. The van der Waals surface area contributed by atoms with Crippen LogP contribution in [-0.4, -0.2) is 65.1 Å². The van der Waals surface area contributed by atoms with Gasteiger partial charge in [0.1, 0.15) is 5.82 Å². The van der Waals surface area contributed by atoms with Gasteiger partial charge < -0.3 is 15.4 Å². The molecule has 1 amide bonds. The Morgan fingerprint density at radius 1 is 1.21 bits per heavy atom. The van der Waals surface area contributed by atoms with Crippen LogP contribution < -0.4 is 5.73 Å². The molecular weight excluding hydrogens is 361 g/mol. The van der Waals surface area contributed by atoms with Crippen LogP contribution in [0.15, 0.2) is 30.5 Å². The number of carbonyl (C=O) groups is 1. The predicted molar refractivity (Wildman–Crippen MR) is 103 cm³/mol. The number of hydrogen-bond acceptors (Lipinski definition) is 6. The van der Waals surface area contributed by atoms with E-state index >= 15 is 0 Å². The predicted octanol–water partition coefficient (Wildman–Crippen LogP) is 1.86. The Kier molecular flexibility index (Phi) is 5.50. The van der Waals surface area contributed by atoms with Crippen molar-refractivity contribution in [3.63, 3.8) is 0 Å². The Morgan fingerprint density at radius 3 is 2.71 bits per heavy atom. The van der Waals surface area contributed by atoms with Crippen molar-refractivity contribution in [2.75, 3.05) is 45.1 Å². The second-order valence-corrected chi connectivity index (χ2v) is 7.17. The first-order chi connectivity index (χ1) is 13.6. The van der Waals surface area contributed by atoms with Gasteiger partial charge in [-0.05, 0) is 30.5 Å². The molecular formula is C20H24FN5O2. The highest BCUT2D eigenvalue weighted by atomic mass is 19.1. The number of carbonyl (C=O) groups excluding carboxylic acids is 1. The van der Waals surface area contributed by atoms with Crippen molar-refractivity contribution in [3.8, 4) is 11.1 Å². The molecule has 1 atom stereocenters. The molecule has 2 aliphatic heterocycles. The minimum absolute atomic E-state index is 0.0895. The van der Waals surface area contributed by atoms with Gasteiger partial charge in [0.2, 0.25) is 11.9 Å². The Bertz CT molecular complexity index is 839. The normalized spacial score (nSPS) is 20.5. The third-order valence-electron chi connectivity index (χ3n) is 5.34. The lowest BCUT2D eigenvalue weighted by Gasteiger charge is -2.31. The number of likely N-dealkylation sites (tertiary alicyclic amines) is 1. The van der Waals surface area contributed by atoms with E-state index in [1.807, 2.05) is 4.90 Å². The fourth-order valence-electron chi connectivity index (χ4n) is 3.91. The number of halogens is 1. The summed E-state index contributed by atoms with van der Waals surface area (Å²) in [6.07, 6.45) is 3.39. The van der Waals surface area contributed by atoms with Gasteiger partial charge in [-0.2, -0.15) is 0 Å². The summed E-state index contributed by atoms with van der Waals surface area (Å²) < 4.78 is 18.7. The lowest BCUT2D eigenvalue weighted by atomic mass is 10.00. The summed E-state index contributed by atoms with van der Waals surface area (Å²) in [5, 5.41) is 0. The van der Waals surface area contributed by atoms with Gasteiger partial charge in [-0.15, -0.1) is 0 Å². The maximum absolute atomic E-state index is 13.3. The number of morpholine rings is 1. The van der Waals surface area contributed by atoms with Crippen molar-refractivity contribution in [2.45, 2.75) is 18.9 Å². The molecule has 2 N–H and O–H groups in total. The number of nitrogens with zero attached hydrogens (tertiary/aromatic N) is 4. The first-order valence-electron chi connectivity index (χ1n) is 9.60. The highest BCUT2D eigenvalue weighted by molar-refractivity contribution is 5.79. The number of rotatable bonds is 4. The molecule has 2 fully saturated rings. The van der Waals surface area contributed by atoms with E-state index in [1.165, 1.54) is 12.1 Å². The van der Waals surface area contributed by atoms with Gasteiger partial charge >= 0.3 is 0 Å². The largest absolute Gasteiger partial charge is 0.379 e. The monoisotopic (exact) mass is 385 g/mol. The van der Waals surface area contributed by atoms with E-state index in [1.54, 1.807) is 18.3 Å². The first kappa shape index (κ1) is 18.8. The summed E-state index contributed by atoms with van der Waals surface area (Å²) in [4.78, 5) is 25.6. The maximum atomic E-state index is 13.3. The zero-order valence-electron chi connectivity index (χ0n) is 15.7. The van der Waals surface area contributed by atoms with Gasteiger partial charge in [0.05, 0.1) is 31.5 Å². The van der Waals surface area contributed by atoms with Gasteiger partial charge in [-0.1, -0.05) is 12.1 Å². The average Bonchev–Trinajstić information content (AvgIpc) is 3.19. The molecule has 1 unspecified atom stereocenters. The lowest BCUT2D eigenvalue weighted by molar-refractivity contribution is -0.134. The standard InChI is InChI=1S/C20H24FN5O2/c21-15-5-3-14(4-6-15)16-12-23-20(22)24-19(16)17-2-1-7-26(17)18(27)13-25-8-10-28-11-9-25/h3-6,12,17H,1-2,7-11,13H2,(H2,22,23,24). The summed E-state index contributed by atoms with van der Waals surface area (Å²) >= 11 is 0. The van der Waals surface area contributed by atoms with E-state index in [0.29, 0.717) is 26.3 Å². The fourth-order valence-corrected chi connectivity index (χ4v) is 3.91. The Hall–Kier alpha value is -2.58. The number of anilines is 1. The molecule has 1 aromatic carbocycles. The van der Waals surface area contributed by atoms with Crippen molar-refractivity contribution in [1.82, 2.24) is 19.8 Å². The van der Waals surface area contributed by atoms with Crippen LogP contribution in [0.5, 0.6) is 0 Å². The van der Waals surface area contributed by atoms with E-state index in [0.717, 1.165) is 42.8 Å². The van der Waals surface area contributed by atoms with Crippen LogP contribution in [0.1, 0.15) is 24.6 Å². The number of amides is 1. The zero-order chi connectivity index (χ0) is 19.5. The average molecular weight is 385 g/mol. The second-order valence-electron chi connectivity index (χ2n) is 7.17. The van der Waals surface area contributed by atoms with Gasteiger partial charge in [-0.25, -0.2) is 14.4 Å². The fraction of sp³-hybridized carbons (Fsp3) is 0.450. The molecule has 28 heavy (non-hydrogen) atoms. The van der Waals surface area contributed by atoms with Crippen LogP contribution in [-0.2, 0) is 9.53 Å². The molecule has 0 saturated carbocycles. The summed E-state index contributed by atoms with van der Waals surface area (Å²) in [6.45, 7) is 3.94. The Labute approximate surface area is 163 Å². The third-order valence-corrected chi connectivity index (χ3v) is 5.34. The maximum Gasteiger partial charge on any atom is 0.237 e. The SMILES string of the molecule is Nc1ncc(-c2ccc(F)cc2)c(C2CCCN2C(=O)CN2CCOCC2)n1. The molecule has 0 radical (unpaired) electrons. The summed E-state index contributed by atoms with van der Waals surface area (Å²) in [5.41, 5.74) is 8.18. The molecule has 3 heterocycles. The topological polar surface area (TPSA) is 84.6 Å². The van der Waals surface area contributed by atoms with E-state index < -0.39 is 0 Å². The molecule has 2 saturated heterocycles.